The average molecular weight is 470 g/mol. The highest BCUT2D eigenvalue weighted by Gasteiger charge is 2.14. The van der Waals surface area contributed by atoms with Gasteiger partial charge < -0.3 is 14.8 Å². The standard InChI is InChI=1S/C19H15BrCl2N2O3/c1-3-27-18-14(20)7-11(8-17(18)26-2)6-12(10-23)19(25)24-16-5-4-13(21)9-15(16)22/h4-9H,3H2,1-2H3,(H,24,25)/b12-6-. The van der Waals surface area contributed by atoms with Crippen LogP contribution in [-0.2, 0) is 4.79 Å². The van der Waals surface area contributed by atoms with Crippen LogP contribution < -0.4 is 14.8 Å². The number of anilines is 1. The van der Waals surface area contributed by atoms with Crippen LogP contribution in [0.3, 0.4) is 0 Å². The Morgan fingerprint density at radius 1 is 1.33 bits per heavy atom. The van der Waals surface area contributed by atoms with Crippen molar-refractivity contribution in [3.8, 4) is 17.6 Å². The van der Waals surface area contributed by atoms with Crippen molar-refractivity contribution in [2.45, 2.75) is 6.92 Å². The van der Waals surface area contributed by atoms with E-state index in [1.165, 1.54) is 19.3 Å². The number of carbonyl (C=O) groups is 1. The molecule has 0 unspecified atom stereocenters. The predicted molar refractivity (Wildman–Crippen MR) is 111 cm³/mol. The summed E-state index contributed by atoms with van der Waals surface area (Å²) in [6, 6.07) is 9.95. The number of benzene rings is 2. The van der Waals surface area contributed by atoms with E-state index in [9.17, 15) is 10.1 Å². The second kappa shape index (κ2) is 9.65. The minimum absolute atomic E-state index is 0.0980. The molecule has 0 bridgehead atoms. The number of amides is 1. The predicted octanol–water partition coefficient (Wildman–Crippen LogP) is 5.71. The molecule has 0 spiro atoms. The van der Waals surface area contributed by atoms with E-state index in [1.807, 2.05) is 13.0 Å². The molecule has 1 N–H and O–H groups in total. The Hall–Kier alpha value is -2.20. The highest BCUT2D eigenvalue weighted by atomic mass is 79.9. The Labute approximate surface area is 175 Å². The summed E-state index contributed by atoms with van der Waals surface area (Å²) in [4.78, 5) is 12.4. The molecule has 27 heavy (non-hydrogen) atoms. The molecule has 0 aliphatic rings. The van der Waals surface area contributed by atoms with Crippen LogP contribution >= 0.6 is 39.1 Å². The molecular formula is C19H15BrCl2N2O3. The van der Waals surface area contributed by atoms with Gasteiger partial charge in [0.2, 0.25) is 0 Å². The Kier molecular flexibility index (Phi) is 7.55. The zero-order chi connectivity index (χ0) is 20.0. The highest BCUT2D eigenvalue weighted by Crippen LogP contribution is 2.37. The molecule has 0 radical (unpaired) electrons. The summed E-state index contributed by atoms with van der Waals surface area (Å²) in [5.41, 5.74) is 0.855. The van der Waals surface area contributed by atoms with Gasteiger partial charge in [0.1, 0.15) is 11.6 Å². The van der Waals surface area contributed by atoms with Crippen molar-refractivity contribution >= 4 is 56.8 Å². The van der Waals surface area contributed by atoms with E-state index in [0.29, 0.717) is 38.9 Å². The average Bonchev–Trinajstić information content (AvgIpc) is 2.63. The monoisotopic (exact) mass is 468 g/mol. The maximum absolute atomic E-state index is 12.4. The lowest BCUT2D eigenvalue weighted by molar-refractivity contribution is -0.112. The van der Waals surface area contributed by atoms with Crippen LogP contribution in [0.15, 0.2) is 40.4 Å². The van der Waals surface area contributed by atoms with Crippen molar-refractivity contribution in [1.29, 1.82) is 5.26 Å². The molecular weight excluding hydrogens is 455 g/mol. The van der Waals surface area contributed by atoms with Gasteiger partial charge in [-0.05, 0) is 64.8 Å². The van der Waals surface area contributed by atoms with Gasteiger partial charge in [-0.25, -0.2) is 0 Å². The van der Waals surface area contributed by atoms with Crippen LogP contribution in [0.5, 0.6) is 11.5 Å². The number of carbonyl (C=O) groups excluding carboxylic acids is 1. The molecule has 5 nitrogen and oxygen atoms in total. The maximum atomic E-state index is 12.4. The normalized spacial score (nSPS) is 10.9. The third-order valence-electron chi connectivity index (χ3n) is 3.40. The number of nitrogens with zero attached hydrogens (tertiary/aromatic N) is 1. The minimum atomic E-state index is -0.592. The Morgan fingerprint density at radius 2 is 2.07 bits per heavy atom. The van der Waals surface area contributed by atoms with Gasteiger partial charge in [0.25, 0.3) is 5.91 Å². The molecule has 0 saturated heterocycles. The van der Waals surface area contributed by atoms with Gasteiger partial charge >= 0.3 is 0 Å². The topological polar surface area (TPSA) is 71.3 Å². The summed E-state index contributed by atoms with van der Waals surface area (Å²) in [6.07, 6.45) is 1.45. The zero-order valence-electron chi connectivity index (χ0n) is 14.5. The summed E-state index contributed by atoms with van der Waals surface area (Å²) >= 11 is 15.3. The van der Waals surface area contributed by atoms with Gasteiger partial charge in [0.05, 0.1) is 28.9 Å². The first-order valence-electron chi connectivity index (χ1n) is 7.78. The van der Waals surface area contributed by atoms with E-state index in [2.05, 4.69) is 21.2 Å². The third-order valence-corrected chi connectivity index (χ3v) is 4.53. The summed E-state index contributed by atoms with van der Waals surface area (Å²) < 4.78 is 11.5. The summed E-state index contributed by atoms with van der Waals surface area (Å²) in [6.45, 7) is 2.33. The molecule has 0 fully saturated rings. The van der Waals surface area contributed by atoms with Crippen molar-refractivity contribution in [2.75, 3.05) is 19.0 Å². The van der Waals surface area contributed by atoms with Gasteiger partial charge in [0, 0.05) is 5.02 Å². The molecule has 1 amide bonds. The quantitative estimate of drug-likeness (QED) is 0.434. The molecule has 0 aliphatic heterocycles. The molecule has 0 aromatic heterocycles. The van der Waals surface area contributed by atoms with Crippen LogP contribution in [0, 0.1) is 11.3 Å². The largest absolute Gasteiger partial charge is 0.493 e. The molecule has 0 heterocycles. The molecule has 0 atom stereocenters. The Morgan fingerprint density at radius 3 is 2.67 bits per heavy atom. The molecule has 8 heteroatoms. The number of nitriles is 1. The van der Waals surface area contributed by atoms with Crippen LogP contribution in [0.2, 0.25) is 10.0 Å². The molecule has 2 aromatic rings. The van der Waals surface area contributed by atoms with Gasteiger partial charge in [0.15, 0.2) is 11.5 Å². The molecule has 140 valence electrons. The van der Waals surface area contributed by atoms with Crippen LogP contribution in [-0.4, -0.2) is 19.6 Å². The first-order valence-corrected chi connectivity index (χ1v) is 9.33. The number of rotatable bonds is 6. The lowest BCUT2D eigenvalue weighted by atomic mass is 10.1. The fourth-order valence-corrected chi connectivity index (χ4v) is 3.23. The van der Waals surface area contributed by atoms with E-state index in [-0.39, 0.29) is 10.6 Å². The minimum Gasteiger partial charge on any atom is -0.493 e. The van der Waals surface area contributed by atoms with E-state index in [0.717, 1.165) is 0 Å². The fourth-order valence-electron chi connectivity index (χ4n) is 2.20. The van der Waals surface area contributed by atoms with E-state index < -0.39 is 5.91 Å². The van der Waals surface area contributed by atoms with E-state index >= 15 is 0 Å². The number of halogens is 3. The van der Waals surface area contributed by atoms with Gasteiger partial charge in [-0.1, -0.05) is 23.2 Å². The molecule has 2 rings (SSSR count). The lowest BCUT2D eigenvalue weighted by Gasteiger charge is -2.12. The van der Waals surface area contributed by atoms with Crippen LogP contribution in [0.4, 0.5) is 5.69 Å². The molecule has 0 aliphatic carbocycles. The van der Waals surface area contributed by atoms with Gasteiger partial charge in [-0.3, -0.25) is 4.79 Å². The van der Waals surface area contributed by atoms with Crippen molar-refractivity contribution in [3.05, 3.63) is 56.0 Å². The Bertz CT molecular complexity index is 939. The number of methoxy groups -OCH3 is 1. The number of ether oxygens (including phenoxy) is 2. The van der Waals surface area contributed by atoms with Crippen molar-refractivity contribution < 1.29 is 14.3 Å². The maximum Gasteiger partial charge on any atom is 0.266 e. The lowest BCUT2D eigenvalue weighted by Crippen LogP contribution is -2.13. The van der Waals surface area contributed by atoms with E-state index in [1.54, 1.807) is 24.3 Å². The zero-order valence-corrected chi connectivity index (χ0v) is 17.6. The van der Waals surface area contributed by atoms with Crippen molar-refractivity contribution in [3.63, 3.8) is 0 Å². The van der Waals surface area contributed by atoms with Crippen molar-refractivity contribution in [2.24, 2.45) is 0 Å². The van der Waals surface area contributed by atoms with Gasteiger partial charge in [-0.15, -0.1) is 0 Å². The van der Waals surface area contributed by atoms with Crippen molar-refractivity contribution in [1.82, 2.24) is 0 Å². The summed E-state index contributed by atoms with van der Waals surface area (Å²) in [5.74, 6) is 0.440. The third kappa shape index (κ3) is 5.39. The smallest absolute Gasteiger partial charge is 0.266 e. The Balaban J connectivity index is 2.33. The van der Waals surface area contributed by atoms with Crippen LogP contribution in [0.25, 0.3) is 6.08 Å². The summed E-state index contributed by atoms with van der Waals surface area (Å²) in [7, 11) is 1.51. The number of hydrogen-bond donors (Lipinski definition) is 1. The summed E-state index contributed by atoms with van der Waals surface area (Å²) in [5, 5.41) is 12.7. The van der Waals surface area contributed by atoms with Crippen LogP contribution in [0.1, 0.15) is 12.5 Å². The van der Waals surface area contributed by atoms with Gasteiger partial charge in [-0.2, -0.15) is 5.26 Å². The molecule has 0 saturated carbocycles. The van der Waals surface area contributed by atoms with E-state index in [4.69, 9.17) is 32.7 Å². The number of nitrogens with one attached hydrogen (secondary N) is 1. The second-order valence-corrected chi connectivity index (χ2v) is 6.91. The first-order chi connectivity index (χ1) is 12.9. The second-order valence-electron chi connectivity index (χ2n) is 5.22. The SMILES string of the molecule is CCOc1c(Br)cc(/C=C(/C#N)C(=O)Nc2ccc(Cl)cc2Cl)cc1OC. The first kappa shape index (κ1) is 21.1. The number of hydrogen-bond acceptors (Lipinski definition) is 4. The molecule has 2 aromatic carbocycles. The highest BCUT2D eigenvalue weighted by molar-refractivity contribution is 9.10. The fraction of sp³-hybridized carbons (Fsp3) is 0.158.